The summed E-state index contributed by atoms with van der Waals surface area (Å²) in [5.74, 6) is -1.83. The highest BCUT2D eigenvalue weighted by molar-refractivity contribution is 5.99. The van der Waals surface area contributed by atoms with Crippen molar-refractivity contribution in [1.82, 2.24) is 15.1 Å². The lowest BCUT2D eigenvalue weighted by atomic mass is 9.85. The van der Waals surface area contributed by atoms with Crippen LogP contribution in [0.3, 0.4) is 0 Å². The molecule has 2 rings (SSSR count). The van der Waals surface area contributed by atoms with Crippen molar-refractivity contribution >= 4 is 23.6 Å². The Hall–Kier alpha value is -2.16. The first kappa shape index (κ1) is 17.2. The number of carbonyl (C=O) groups excluding carboxylic acids is 4. The zero-order valence-corrected chi connectivity index (χ0v) is 13.2. The van der Waals surface area contributed by atoms with Gasteiger partial charge in [-0.2, -0.15) is 0 Å². The Kier molecular flexibility index (Phi) is 4.60. The van der Waals surface area contributed by atoms with Crippen LogP contribution in [0.2, 0.25) is 0 Å². The average Bonchev–Trinajstić information content (AvgIpc) is 2.90. The van der Waals surface area contributed by atoms with Crippen molar-refractivity contribution in [2.75, 3.05) is 19.6 Å². The van der Waals surface area contributed by atoms with Crippen molar-refractivity contribution in [3.63, 3.8) is 0 Å². The highest BCUT2D eigenvalue weighted by atomic mass is 16.3. The van der Waals surface area contributed by atoms with E-state index in [0.29, 0.717) is 19.5 Å². The minimum atomic E-state index is -1.20. The number of hydrogen-bond donors (Lipinski definition) is 3. The van der Waals surface area contributed by atoms with Crippen LogP contribution in [0.25, 0.3) is 0 Å². The van der Waals surface area contributed by atoms with Gasteiger partial charge in [0, 0.05) is 13.5 Å². The monoisotopic (exact) mass is 326 g/mol. The maximum atomic E-state index is 12.4. The Balaban J connectivity index is 1.94. The summed E-state index contributed by atoms with van der Waals surface area (Å²) in [5.41, 5.74) is 4.29. The standard InChI is InChI=1S/C14H22N4O5/c1-8(19)11(12(15)22)16-10(21)6-17-7-14(13(17)23)4-3-5-18(14)9(2)20/h8,11,19H,3-7H2,1-2H3,(H2,15,22)(H,16,21)/t8-,11+,14?/m1/s1. The van der Waals surface area contributed by atoms with Crippen LogP contribution in [0, 0.1) is 0 Å². The van der Waals surface area contributed by atoms with Gasteiger partial charge in [-0.3, -0.25) is 19.2 Å². The summed E-state index contributed by atoms with van der Waals surface area (Å²) < 4.78 is 0. The minimum Gasteiger partial charge on any atom is -0.391 e. The molecule has 9 nitrogen and oxygen atoms in total. The Morgan fingerprint density at radius 1 is 1.43 bits per heavy atom. The number of nitrogens with two attached hydrogens (primary N) is 1. The number of nitrogens with zero attached hydrogens (tertiary/aromatic N) is 2. The Labute approximate surface area is 133 Å². The molecule has 0 bridgehead atoms. The van der Waals surface area contributed by atoms with E-state index in [0.717, 1.165) is 6.42 Å². The van der Waals surface area contributed by atoms with Crippen LogP contribution in [0.4, 0.5) is 0 Å². The second-order valence-corrected chi connectivity index (χ2v) is 6.16. The third kappa shape index (κ3) is 3.00. The highest BCUT2D eigenvalue weighted by Crippen LogP contribution is 2.38. The molecular formula is C14H22N4O5. The summed E-state index contributed by atoms with van der Waals surface area (Å²) in [5, 5.41) is 11.7. The molecule has 0 aliphatic carbocycles. The number of β-lactam (4-membered cyclic amide) rings is 1. The van der Waals surface area contributed by atoms with Crippen molar-refractivity contribution in [3.8, 4) is 0 Å². The van der Waals surface area contributed by atoms with Crippen LogP contribution in [0.15, 0.2) is 0 Å². The van der Waals surface area contributed by atoms with Gasteiger partial charge in [-0.15, -0.1) is 0 Å². The van der Waals surface area contributed by atoms with Crippen LogP contribution in [0.1, 0.15) is 26.7 Å². The molecule has 0 aromatic rings. The molecule has 9 heteroatoms. The van der Waals surface area contributed by atoms with E-state index in [9.17, 15) is 24.3 Å². The fourth-order valence-electron chi connectivity index (χ4n) is 3.33. The first-order chi connectivity index (χ1) is 10.7. The van der Waals surface area contributed by atoms with E-state index in [1.54, 1.807) is 4.90 Å². The molecule has 0 saturated carbocycles. The van der Waals surface area contributed by atoms with Gasteiger partial charge in [0.2, 0.25) is 17.7 Å². The van der Waals surface area contributed by atoms with Gasteiger partial charge in [-0.05, 0) is 19.8 Å². The second-order valence-electron chi connectivity index (χ2n) is 6.16. The van der Waals surface area contributed by atoms with E-state index in [2.05, 4.69) is 5.32 Å². The molecule has 0 radical (unpaired) electrons. The van der Waals surface area contributed by atoms with Crippen LogP contribution in [0.5, 0.6) is 0 Å². The van der Waals surface area contributed by atoms with Crippen LogP contribution in [-0.4, -0.2) is 75.9 Å². The Morgan fingerprint density at radius 3 is 2.57 bits per heavy atom. The second kappa shape index (κ2) is 6.15. The quantitative estimate of drug-likeness (QED) is 0.483. The summed E-state index contributed by atoms with van der Waals surface area (Å²) in [6.45, 7) is 3.38. The predicted octanol–water partition coefficient (Wildman–Crippen LogP) is -2.44. The molecule has 4 N–H and O–H groups in total. The Bertz CT molecular complexity index is 549. The van der Waals surface area contributed by atoms with Gasteiger partial charge >= 0.3 is 0 Å². The molecule has 4 amide bonds. The fourth-order valence-corrected chi connectivity index (χ4v) is 3.33. The molecule has 2 aliphatic heterocycles. The molecule has 2 saturated heterocycles. The van der Waals surface area contributed by atoms with Crippen molar-refractivity contribution in [1.29, 1.82) is 0 Å². The largest absolute Gasteiger partial charge is 0.391 e. The molecule has 2 heterocycles. The number of likely N-dealkylation sites (tertiary alicyclic amines) is 2. The molecule has 2 aliphatic rings. The van der Waals surface area contributed by atoms with Crippen LogP contribution >= 0.6 is 0 Å². The third-order valence-electron chi connectivity index (χ3n) is 4.45. The van der Waals surface area contributed by atoms with Crippen molar-refractivity contribution in [3.05, 3.63) is 0 Å². The topological polar surface area (TPSA) is 133 Å². The molecule has 2 fully saturated rings. The SMILES string of the molecule is CC(=O)N1CCCC12CN(CC(=O)N[C@H](C(N)=O)[C@@H](C)O)C2=O. The number of carbonyl (C=O) groups is 4. The first-order valence-corrected chi connectivity index (χ1v) is 7.53. The van der Waals surface area contributed by atoms with Crippen LogP contribution < -0.4 is 11.1 Å². The number of amides is 4. The number of nitrogens with one attached hydrogen (secondary N) is 1. The van der Waals surface area contributed by atoms with Gasteiger partial charge < -0.3 is 26.0 Å². The number of hydrogen-bond acceptors (Lipinski definition) is 5. The molecule has 0 aromatic heterocycles. The lowest BCUT2D eigenvalue weighted by Gasteiger charge is -2.50. The van der Waals surface area contributed by atoms with Gasteiger partial charge in [0.25, 0.3) is 5.91 Å². The maximum Gasteiger partial charge on any atom is 0.250 e. The van der Waals surface area contributed by atoms with Crippen molar-refractivity contribution < 1.29 is 24.3 Å². The number of aliphatic hydroxyl groups excluding tert-OH is 1. The van der Waals surface area contributed by atoms with Gasteiger partial charge in [0.15, 0.2) is 0 Å². The molecule has 3 atom stereocenters. The molecule has 1 unspecified atom stereocenters. The third-order valence-corrected chi connectivity index (χ3v) is 4.45. The molecule has 0 aromatic carbocycles. The average molecular weight is 326 g/mol. The predicted molar refractivity (Wildman–Crippen MR) is 78.7 cm³/mol. The van der Waals surface area contributed by atoms with E-state index in [-0.39, 0.29) is 18.4 Å². The minimum absolute atomic E-state index is 0.150. The number of primary amides is 1. The van der Waals surface area contributed by atoms with Crippen molar-refractivity contribution in [2.45, 2.75) is 44.4 Å². The summed E-state index contributed by atoms with van der Waals surface area (Å²) in [7, 11) is 0. The van der Waals surface area contributed by atoms with Gasteiger partial charge in [-0.1, -0.05) is 0 Å². The molecular weight excluding hydrogens is 304 g/mol. The molecule has 1 spiro atoms. The maximum absolute atomic E-state index is 12.4. The van der Waals surface area contributed by atoms with E-state index in [1.807, 2.05) is 0 Å². The summed E-state index contributed by atoms with van der Waals surface area (Å²) in [6.07, 6.45) is 0.232. The lowest BCUT2D eigenvalue weighted by Crippen LogP contribution is -2.73. The summed E-state index contributed by atoms with van der Waals surface area (Å²) in [6, 6.07) is -1.20. The Morgan fingerprint density at radius 2 is 2.09 bits per heavy atom. The van der Waals surface area contributed by atoms with E-state index < -0.39 is 29.5 Å². The summed E-state index contributed by atoms with van der Waals surface area (Å²) in [4.78, 5) is 50.0. The zero-order valence-electron chi connectivity index (χ0n) is 13.2. The van der Waals surface area contributed by atoms with Crippen molar-refractivity contribution in [2.24, 2.45) is 5.73 Å². The number of rotatable bonds is 5. The zero-order chi connectivity index (χ0) is 17.4. The molecule has 128 valence electrons. The first-order valence-electron chi connectivity index (χ1n) is 7.53. The lowest BCUT2D eigenvalue weighted by molar-refractivity contribution is -0.168. The van der Waals surface area contributed by atoms with Crippen LogP contribution in [-0.2, 0) is 19.2 Å². The fraction of sp³-hybridized carbons (Fsp3) is 0.714. The smallest absolute Gasteiger partial charge is 0.250 e. The van der Waals surface area contributed by atoms with Gasteiger partial charge in [0.1, 0.15) is 11.6 Å². The molecule has 23 heavy (non-hydrogen) atoms. The number of aliphatic hydroxyl groups is 1. The van der Waals surface area contributed by atoms with E-state index >= 15 is 0 Å². The van der Waals surface area contributed by atoms with Gasteiger partial charge in [0.05, 0.1) is 19.2 Å². The van der Waals surface area contributed by atoms with E-state index in [4.69, 9.17) is 5.73 Å². The van der Waals surface area contributed by atoms with E-state index in [1.165, 1.54) is 18.7 Å². The van der Waals surface area contributed by atoms with Gasteiger partial charge in [-0.25, -0.2) is 0 Å². The highest BCUT2D eigenvalue weighted by Gasteiger charge is 2.59. The summed E-state index contributed by atoms with van der Waals surface area (Å²) >= 11 is 0. The normalized spacial score (nSPS) is 26.0.